The topological polar surface area (TPSA) is 43.1 Å². The van der Waals surface area contributed by atoms with Crippen LogP contribution in [-0.2, 0) is 0 Å². The fourth-order valence-electron chi connectivity index (χ4n) is 2.71. The fraction of sp³-hybridized carbons (Fsp3) is 0.429. The van der Waals surface area contributed by atoms with Crippen LogP contribution in [0.2, 0.25) is 0 Å². The van der Waals surface area contributed by atoms with Crippen molar-refractivity contribution in [3.05, 3.63) is 70.3 Å². The van der Waals surface area contributed by atoms with Gasteiger partial charge in [0.1, 0.15) is 0 Å². The van der Waals surface area contributed by atoms with Crippen LogP contribution >= 0.6 is 0 Å². The highest BCUT2D eigenvalue weighted by atomic mass is 127. The van der Waals surface area contributed by atoms with Gasteiger partial charge in [0.2, 0.25) is 3.57 Å². The van der Waals surface area contributed by atoms with Crippen LogP contribution in [0.15, 0.2) is 36.4 Å². The highest BCUT2D eigenvalue weighted by Crippen LogP contribution is 2.27. The highest BCUT2D eigenvalue weighted by Gasteiger charge is 2.28. The van der Waals surface area contributed by atoms with Gasteiger partial charge in [-0.1, -0.05) is 53.7 Å². The van der Waals surface area contributed by atoms with Crippen LogP contribution in [0.4, 0.5) is 5.69 Å². The van der Waals surface area contributed by atoms with Gasteiger partial charge >= 0.3 is 21.2 Å². The van der Waals surface area contributed by atoms with Gasteiger partial charge in [-0.2, -0.15) is 0 Å². The highest BCUT2D eigenvalue weighted by molar-refractivity contribution is 5.35. The maximum Gasteiger partial charge on any atom is 0.358 e. The van der Waals surface area contributed by atoms with Crippen LogP contribution in [-0.4, -0.2) is 4.92 Å². The predicted molar refractivity (Wildman–Crippen MR) is 99.2 cm³/mol. The van der Waals surface area contributed by atoms with Crippen molar-refractivity contribution in [1.82, 2.24) is 0 Å². The molecule has 0 fully saturated rings. The van der Waals surface area contributed by atoms with Gasteiger partial charge in [0.15, 0.2) is 3.57 Å². The van der Waals surface area contributed by atoms with E-state index in [0.29, 0.717) is 17.8 Å². The van der Waals surface area contributed by atoms with E-state index >= 15 is 0 Å². The molecule has 4 heteroatoms. The van der Waals surface area contributed by atoms with E-state index in [1.54, 1.807) is 12.1 Å². The van der Waals surface area contributed by atoms with Crippen molar-refractivity contribution in [3.8, 4) is 0 Å². The molecule has 0 amide bonds. The molecule has 25 heavy (non-hydrogen) atoms. The smallest absolute Gasteiger partial charge is 0.258 e. The largest absolute Gasteiger partial charge is 0.358 e. The summed E-state index contributed by atoms with van der Waals surface area (Å²) < 4.78 is 2.72. The molecule has 0 bridgehead atoms. The maximum atomic E-state index is 10.9. The third-order valence-corrected chi connectivity index (χ3v) is 7.43. The number of rotatable bonds is 6. The Kier molecular flexibility index (Phi) is 6.60. The molecular formula is C21H27INO2+. The van der Waals surface area contributed by atoms with Crippen LogP contribution in [0.5, 0.6) is 0 Å². The molecule has 2 rings (SSSR count). The molecule has 0 unspecified atom stereocenters. The maximum absolute atomic E-state index is 10.9. The second-order valence-electron chi connectivity index (χ2n) is 7.31. The Labute approximate surface area is 161 Å². The van der Waals surface area contributed by atoms with E-state index in [0.717, 1.165) is 0 Å². The SMILES string of the molecule is CC(C)c1cc(C(C)C)c([I+]c2ccc([N+](=O)[O-])cc2)c(C(C)C)c1. The van der Waals surface area contributed by atoms with Gasteiger partial charge < -0.3 is 0 Å². The lowest BCUT2D eigenvalue weighted by Gasteiger charge is -2.17. The summed E-state index contributed by atoms with van der Waals surface area (Å²) in [5, 5.41) is 10.9. The quantitative estimate of drug-likeness (QED) is 0.384. The summed E-state index contributed by atoms with van der Waals surface area (Å²) in [4.78, 5) is 10.5. The van der Waals surface area contributed by atoms with E-state index in [1.807, 2.05) is 12.1 Å². The first-order valence-electron chi connectivity index (χ1n) is 8.77. The van der Waals surface area contributed by atoms with Crippen molar-refractivity contribution < 1.29 is 26.1 Å². The summed E-state index contributed by atoms with van der Waals surface area (Å²) in [5.41, 5.74) is 4.46. The first-order chi connectivity index (χ1) is 11.7. The van der Waals surface area contributed by atoms with Crippen LogP contribution in [0.1, 0.15) is 76.0 Å². The van der Waals surface area contributed by atoms with Gasteiger partial charge in [-0.3, -0.25) is 10.1 Å². The normalized spacial score (nSPS) is 11.6. The van der Waals surface area contributed by atoms with Crippen molar-refractivity contribution >= 4 is 5.69 Å². The Morgan fingerprint density at radius 3 is 1.68 bits per heavy atom. The summed E-state index contributed by atoms with van der Waals surface area (Å²) in [6, 6.07) is 11.9. The third-order valence-electron chi connectivity index (χ3n) is 4.30. The summed E-state index contributed by atoms with van der Waals surface area (Å²) in [6.07, 6.45) is 0. The second-order valence-corrected chi connectivity index (χ2v) is 10.2. The molecule has 0 heterocycles. The first-order valence-corrected chi connectivity index (χ1v) is 10.9. The van der Waals surface area contributed by atoms with Gasteiger partial charge in [-0.05, 0) is 35.4 Å². The zero-order valence-corrected chi connectivity index (χ0v) is 18.0. The van der Waals surface area contributed by atoms with Crippen LogP contribution in [0, 0.1) is 17.3 Å². The fourth-order valence-corrected chi connectivity index (χ4v) is 6.23. The van der Waals surface area contributed by atoms with E-state index < -0.39 is 0 Å². The Balaban J connectivity index is 2.52. The van der Waals surface area contributed by atoms with Gasteiger partial charge in [-0.15, -0.1) is 0 Å². The number of hydrogen-bond donors (Lipinski definition) is 0. The monoisotopic (exact) mass is 452 g/mol. The Morgan fingerprint density at radius 1 is 0.840 bits per heavy atom. The molecule has 0 saturated carbocycles. The number of nitro benzene ring substituents is 1. The molecule has 0 radical (unpaired) electrons. The van der Waals surface area contributed by atoms with Gasteiger partial charge in [0.25, 0.3) is 5.69 Å². The molecule has 134 valence electrons. The molecule has 2 aromatic carbocycles. The van der Waals surface area contributed by atoms with E-state index in [9.17, 15) is 10.1 Å². The zero-order valence-electron chi connectivity index (χ0n) is 15.8. The van der Waals surface area contributed by atoms with Crippen molar-refractivity contribution in [2.75, 3.05) is 0 Å². The molecule has 0 aliphatic carbocycles. The van der Waals surface area contributed by atoms with Crippen molar-refractivity contribution in [1.29, 1.82) is 0 Å². The van der Waals surface area contributed by atoms with E-state index in [1.165, 1.54) is 23.8 Å². The first kappa shape index (κ1) is 19.9. The van der Waals surface area contributed by atoms with Crippen molar-refractivity contribution in [2.24, 2.45) is 0 Å². The molecule has 0 spiro atoms. The summed E-state index contributed by atoms with van der Waals surface area (Å²) >= 11 is -0.370. The molecule has 0 N–H and O–H groups in total. The van der Waals surface area contributed by atoms with E-state index in [-0.39, 0.29) is 31.8 Å². The molecule has 0 saturated heterocycles. The Hall–Kier alpha value is -1.43. The Bertz CT molecular complexity index is 720. The molecule has 2 aromatic rings. The lowest BCUT2D eigenvalue weighted by atomic mass is 9.90. The van der Waals surface area contributed by atoms with Crippen molar-refractivity contribution in [3.63, 3.8) is 0 Å². The molecular weight excluding hydrogens is 425 g/mol. The third kappa shape index (κ3) is 4.81. The van der Waals surface area contributed by atoms with Gasteiger partial charge in [0.05, 0.1) is 4.92 Å². The zero-order chi connectivity index (χ0) is 18.7. The van der Waals surface area contributed by atoms with Crippen LogP contribution in [0.25, 0.3) is 0 Å². The lowest BCUT2D eigenvalue weighted by molar-refractivity contribution is -0.599. The predicted octanol–water partition coefficient (Wildman–Crippen LogP) is 3.09. The van der Waals surface area contributed by atoms with Crippen LogP contribution in [0.3, 0.4) is 0 Å². The molecule has 3 nitrogen and oxygen atoms in total. The molecule has 0 aromatic heterocycles. The molecule has 0 atom stereocenters. The standard InChI is InChI=1S/C21H27INO2/c1-13(2)16-11-19(14(3)4)21(20(12-16)15(5)6)22-17-7-9-18(10-8-17)23(24)25/h7-15H,1-6H3/q+1. The number of nitrogens with zero attached hydrogens (tertiary/aromatic N) is 1. The molecule has 0 aliphatic heterocycles. The summed E-state index contributed by atoms with van der Waals surface area (Å²) in [6.45, 7) is 13.5. The Morgan fingerprint density at radius 2 is 1.32 bits per heavy atom. The summed E-state index contributed by atoms with van der Waals surface area (Å²) in [7, 11) is 0. The van der Waals surface area contributed by atoms with E-state index in [4.69, 9.17) is 0 Å². The minimum absolute atomic E-state index is 0.163. The second kappa shape index (κ2) is 8.30. The lowest BCUT2D eigenvalue weighted by Crippen LogP contribution is -3.62. The van der Waals surface area contributed by atoms with E-state index in [2.05, 4.69) is 53.7 Å². The van der Waals surface area contributed by atoms with Crippen molar-refractivity contribution in [2.45, 2.75) is 59.3 Å². The minimum Gasteiger partial charge on any atom is -0.258 e. The number of hydrogen-bond acceptors (Lipinski definition) is 2. The average Bonchev–Trinajstić information content (AvgIpc) is 2.54. The van der Waals surface area contributed by atoms with Gasteiger partial charge in [-0.25, -0.2) is 0 Å². The van der Waals surface area contributed by atoms with Crippen LogP contribution < -0.4 is 21.2 Å². The summed E-state index contributed by atoms with van der Waals surface area (Å²) in [5.74, 6) is 1.47. The average molecular weight is 452 g/mol. The van der Waals surface area contributed by atoms with Gasteiger partial charge in [0, 0.05) is 23.3 Å². The minimum atomic E-state index is -0.370. The number of benzene rings is 2. The number of halogens is 1. The molecule has 0 aliphatic rings. The number of nitro groups is 1. The number of non-ortho nitro benzene ring substituents is 1.